The Morgan fingerprint density at radius 2 is 1.76 bits per heavy atom. The Bertz CT molecular complexity index is 1050. The molecule has 0 saturated carbocycles. The Labute approximate surface area is 192 Å². The lowest BCUT2D eigenvalue weighted by Gasteiger charge is -2.38. The molecule has 1 atom stereocenters. The number of piperazine rings is 1. The van der Waals surface area contributed by atoms with E-state index in [4.69, 9.17) is 4.74 Å². The van der Waals surface area contributed by atoms with Gasteiger partial charge in [-0.15, -0.1) is 0 Å². The zero-order valence-corrected chi connectivity index (χ0v) is 18.9. The molecule has 2 aromatic carbocycles. The lowest BCUT2D eigenvalue weighted by atomic mass is 10.0. The molecule has 0 N–H and O–H groups in total. The highest BCUT2D eigenvalue weighted by Gasteiger charge is 2.34. The molecule has 2 aromatic rings. The van der Waals surface area contributed by atoms with Crippen molar-refractivity contribution in [1.82, 2.24) is 4.90 Å². The predicted octanol–water partition coefficient (Wildman–Crippen LogP) is 3.27. The fourth-order valence-electron chi connectivity index (χ4n) is 4.22. The predicted molar refractivity (Wildman–Crippen MR) is 123 cm³/mol. The maximum Gasteiger partial charge on any atom is 0.268 e. The molecule has 4 rings (SSSR count). The zero-order valence-electron chi connectivity index (χ0n) is 18.9. The molecule has 1 unspecified atom stereocenters. The Morgan fingerprint density at radius 1 is 1.06 bits per heavy atom. The molecule has 2 amide bonds. The summed E-state index contributed by atoms with van der Waals surface area (Å²) in [7, 11) is 0. The standard InChI is InChI=1S/C25H28FN3O4/c1-3-4-22(30)18-5-10-23-21(15-18)29(25(32)17(2)33-23)16-24(31)28-13-11-27(12-14-28)20-8-6-19(26)7-9-20/h5-10,15,17H,3-4,11-14,16H2,1-2H3. The second-order valence-electron chi connectivity index (χ2n) is 8.38. The van der Waals surface area contributed by atoms with E-state index in [1.54, 1.807) is 42.2 Å². The average molecular weight is 454 g/mol. The van der Waals surface area contributed by atoms with Gasteiger partial charge in [-0.1, -0.05) is 6.92 Å². The van der Waals surface area contributed by atoms with Crippen molar-refractivity contribution >= 4 is 29.0 Å². The summed E-state index contributed by atoms with van der Waals surface area (Å²) in [5.74, 6) is -0.260. The molecule has 1 saturated heterocycles. The van der Waals surface area contributed by atoms with Gasteiger partial charge >= 0.3 is 0 Å². The van der Waals surface area contributed by atoms with Crippen LogP contribution < -0.4 is 14.5 Å². The van der Waals surface area contributed by atoms with Crippen LogP contribution in [-0.2, 0) is 9.59 Å². The van der Waals surface area contributed by atoms with Gasteiger partial charge in [0.1, 0.15) is 18.1 Å². The van der Waals surface area contributed by atoms with Crippen LogP contribution in [0.25, 0.3) is 0 Å². The summed E-state index contributed by atoms with van der Waals surface area (Å²) >= 11 is 0. The summed E-state index contributed by atoms with van der Waals surface area (Å²) in [5.41, 5.74) is 1.88. The minimum absolute atomic E-state index is 0.00503. The number of fused-ring (bicyclic) bond motifs is 1. The maximum absolute atomic E-state index is 13.2. The van der Waals surface area contributed by atoms with E-state index < -0.39 is 6.10 Å². The third kappa shape index (κ3) is 4.84. The zero-order chi connectivity index (χ0) is 23.5. The summed E-state index contributed by atoms with van der Waals surface area (Å²) in [6, 6.07) is 11.4. The van der Waals surface area contributed by atoms with Crippen molar-refractivity contribution in [2.24, 2.45) is 0 Å². The number of anilines is 2. The number of halogens is 1. The van der Waals surface area contributed by atoms with E-state index in [2.05, 4.69) is 4.90 Å². The average Bonchev–Trinajstić information content (AvgIpc) is 2.82. The van der Waals surface area contributed by atoms with Crippen LogP contribution in [0.4, 0.5) is 15.8 Å². The van der Waals surface area contributed by atoms with Crippen molar-refractivity contribution in [2.75, 3.05) is 42.5 Å². The smallest absolute Gasteiger partial charge is 0.268 e. The number of benzene rings is 2. The Hall–Kier alpha value is -3.42. The minimum atomic E-state index is -0.710. The number of nitrogens with zero attached hydrogens (tertiary/aromatic N) is 3. The van der Waals surface area contributed by atoms with Gasteiger partial charge in [-0.2, -0.15) is 0 Å². The van der Waals surface area contributed by atoms with Crippen LogP contribution in [0.2, 0.25) is 0 Å². The fraction of sp³-hybridized carbons (Fsp3) is 0.400. The molecule has 8 heteroatoms. The van der Waals surface area contributed by atoms with Crippen LogP contribution >= 0.6 is 0 Å². The molecule has 0 aromatic heterocycles. The SMILES string of the molecule is CCCC(=O)c1ccc2c(c1)N(CC(=O)N1CCN(c3ccc(F)cc3)CC1)C(=O)C(C)O2. The van der Waals surface area contributed by atoms with Crippen molar-refractivity contribution in [1.29, 1.82) is 0 Å². The number of carbonyl (C=O) groups excluding carboxylic acids is 3. The highest BCUT2D eigenvalue weighted by atomic mass is 19.1. The van der Waals surface area contributed by atoms with Crippen molar-refractivity contribution in [3.63, 3.8) is 0 Å². The molecule has 1 fully saturated rings. The Balaban J connectivity index is 1.46. The monoisotopic (exact) mass is 453 g/mol. The molecule has 0 aliphatic carbocycles. The first-order valence-electron chi connectivity index (χ1n) is 11.3. The number of hydrogen-bond acceptors (Lipinski definition) is 5. The number of carbonyl (C=O) groups is 3. The molecule has 7 nitrogen and oxygen atoms in total. The highest BCUT2D eigenvalue weighted by Crippen LogP contribution is 2.35. The van der Waals surface area contributed by atoms with Gasteiger partial charge in [0.2, 0.25) is 5.91 Å². The summed E-state index contributed by atoms with van der Waals surface area (Å²) in [6.07, 6.45) is 0.438. The lowest BCUT2D eigenvalue weighted by Crippen LogP contribution is -2.54. The molecule has 2 aliphatic rings. The van der Waals surface area contributed by atoms with Gasteiger partial charge in [0.05, 0.1) is 5.69 Å². The van der Waals surface area contributed by atoms with Gasteiger partial charge < -0.3 is 14.5 Å². The van der Waals surface area contributed by atoms with Crippen molar-refractivity contribution in [2.45, 2.75) is 32.8 Å². The molecule has 0 spiro atoms. The van der Waals surface area contributed by atoms with Gasteiger partial charge in [0.15, 0.2) is 11.9 Å². The van der Waals surface area contributed by atoms with Crippen LogP contribution in [0.5, 0.6) is 5.75 Å². The van der Waals surface area contributed by atoms with Crippen LogP contribution in [0, 0.1) is 5.82 Å². The van der Waals surface area contributed by atoms with Gasteiger partial charge in [0.25, 0.3) is 5.91 Å². The largest absolute Gasteiger partial charge is 0.479 e. The normalized spacial score (nSPS) is 18.1. The number of rotatable bonds is 6. The Morgan fingerprint density at radius 3 is 2.42 bits per heavy atom. The molecular weight excluding hydrogens is 425 g/mol. The van der Waals surface area contributed by atoms with E-state index in [0.717, 1.165) is 12.1 Å². The third-order valence-electron chi connectivity index (χ3n) is 6.08. The topological polar surface area (TPSA) is 70.2 Å². The van der Waals surface area contributed by atoms with Gasteiger partial charge in [-0.25, -0.2) is 4.39 Å². The number of Topliss-reactive ketones (excluding diaryl/α,β-unsaturated/α-hetero) is 1. The van der Waals surface area contributed by atoms with E-state index >= 15 is 0 Å². The number of ether oxygens (including phenoxy) is 1. The van der Waals surface area contributed by atoms with Gasteiger partial charge in [0, 0.05) is 43.9 Å². The molecule has 0 radical (unpaired) electrons. The summed E-state index contributed by atoms with van der Waals surface area (Å²) in [4.78, 5) is 43.6. The first kappa shape index (κ1) is 22.8. The van der Waals surface area contributed by atoms with Gasteiger partial charge in [-0.3, -0.25) is 19.3 Å². The van der Waals surface area contributed by atoms with Crippen LogP contribution in [-0.4, -0.2) is 61.3 Å². The molecule has 174 valence electrons. The van der Waals surface area contributed by atoms with E-state index in [-0.39, 0.29) is 30.0 Å². The molecule has 2 aliphatic heterocycles. The fourth-order valence-corrected chi connectivity index (χ4v) is 4.22. The number of ketones is 1. The van der Waals surface area contributed by atoms with Crippen molar-refractivity contribution in [3.8, 4) is 5.75 Å². The van der Waals surface area contributed by atoms with Crippen molar-refractivity contribution < 1.29 is 23.5 Å². The van der Waals surface area contributed by atoms with Crippen LogP contribution in [0.3, 0.4) is 0 Å². The summed E-state index contributed by atoms with van der Waals surface area (Å²) in [5, 5.41) is 0. The lowest BCUT2D eigenvalue weighted by molar-refractivity contribution is -0.133. The quantitative estimate of drug-likeness (QED) is 0.628. The second kappa shape index (κ2) is 9.60. The van der Waals surface area contributed by atoms with Crippen LogP contribution in [0.1, 0.15) is 37.0 Å². The third-order valence-corrected chi connectivity index (χ3v) is 6.08. The van der Waals surface area contributed by atoms with E-state index in [1.165, 1.54) is 17.0 Å². The number of hydrogen-bond donors (Lipinski definition) is 0. The van der Waals surface area contributed by atoms with Gasteiger partial charge in [-0.05, 0) is 55.8 Å². The minimum Gasteiger partial charge on any atom is -0.479 e. The van der Waals surface area contributed by atoms with E-state index in [1.807, 2.05) is 6.92 Å². The highest BCUT2D eigenvalue weighted by molar-refractivity contribution is 6.05. The summed E-state index contributed by atoms with van der Waals surface area (Å²) < 4.78 is 18.9. The second-order valence-corrected chi connectivity index (χ2v) is 8.38. The van der Waals surface area contributed by atoms with E-state index in [9.17, 15) is 18.8 Å². The van der Waals surface area contributed by atoms with E-state index in [0.29, 0.717) is 49.6 Å². The Kier molecular flexibility index (Phi) is 6.62. The molecule has 33 heavy (non-hydrogen) atoms. The van der Waals surface area contributed by atoms with Crippen LogP contribution in [0.15, 0.2) is 42.5 Å². The number of amides is 2. The first-order chi connectivity index (χ1) is 15.9. The molecular formula is C25H28FN3O4. The molecule has 0 bridgehead atoms. The first-order valence-corrected chi connectivity index (χ1v) is 11.3. The van der Waals surface area contributed by atoms with Crippen molar-refractivity contribution in [3.05, 3.63) is 53.8 Å². The molecule has 2 heterocycles. The maximum atomic E-state index is 13.2. The summed E-state index contributed by atoms with van der Waals surface area (Å²) in [6.45, 7) is 5.74.